The fourth-order valence-electron chi connectivity index (χ4n) is 0.335. The zero-order valence-electron chi connectivity index (χ0n) is 3.93. The molecule has 0 unspecified atom stereocenters. The standard InChI is InChI=1S/C3H4ClN3O/c4-1-2-3(8)6-7-5-2/h1H2,(H2,5,6,7,8). The second-order valence-corrected chi connectivity index (χ2v) is 1.51. The number of nitrogens with one attached hydrogen (secondary N) is 1. The van der Waals surface area contributed by atoms with Crippen molar-refractivity contribution in [1.29, 1.82) is 0 Å². The number of aromatic nitrogens is 3. The number of nitrogens with zero attached hydrogens (tertiary/aromatic N) is 2. The molecule has 2 N–H and O–H groups in total. The van der Waals surface area contributed by atoms with Gasteiger partial charge in [0.15, 0.2) is 0 Å². The molecule has 1 aromatic rings. The Bertz CT molecular complexity index is 175. The van der Waals surface area contributed by atoms with Gasteiger partial charge in [-0.3, -0.25) is 0 Å². The van der Waals surface area contributed by atoms with E-state index in [9.17, 15) is 0 Å². The van der Waals surface area contributed by atoms with Crippen LogP contribution in [0.5, 0.6) is 5.88 Å². The van der Waals surface area contributed by atoms with Crippen molar-refractivity contribution in [3.05, 3.63) is 5.69 Å². The molecule has 8 heavy (non-hydrogen) atoms. The summed E-state index contributed by atoms with van der Waals surface area (Å²) in [6.07, 6.45) is 0. The van der Waals surface area contributed by atoms with Crippen LogP contribution in [-0.4, -0.2) is 20.5 Å². The van der Waals surface area contributed by atoms with Crippen LogP contribution in [0.4, 0.5) is 0 Å². The van der Waals surface area contributed by atoms with E-state index in [2.05, 4.69) is 15.4 Å². The van der Waals surface area contributed by atoms with Gasteiger partial charge >= 0.3 is 0 Å². The second kappa shape index (κ2) is 2.00. The van der Waals surface area contributed by atoms with Crippen molar-refractivity contribution in [2.24, 2.45) is 0 Å². The number of aromatic hydroxyl groups is 1. The maximum atomic E-state index is 8.69. The highest BCUT2D eigenvalue weighted by Gasteiger charge is 2.00. The molecule has 0 saturated heterocycles. The molecular weight excluding hydrogens is 130 g/mol. The normalized spacial score (nSPS) is 9.62. The number of hydrogen-bond donors (Lipinski definition) is 2. The van der Waals surface area contributed by atoms with E-state index in [1.165, 1.54) is 0 Å². The number of H-pyrrole nitrogens is 1. The lowest BCUT2D eigenvalue weighted by Gasteiger charge is -1.81. The Morgan fingerprint density at radius 1 is 1.75 bits per heavy atom. The summed E-state index contributed by atoms with van der Waals surface area (Å²) in [5.41, 5.74) is 0.381. The van der Waals surface area contributed by atoms with Gasteiger partial charge in [-0.25, -0.2) is 5.10 Å². The van der Waals surface area contributed by atoms with Crippen LogP contribution in [0, 0.1) is 0 Å². The van der Waals surface area contributed by atoms with Crippen molar-refractivity contribution in [3.8, 4) is 5.88 Å². The van der Waals surface area contributed by atoms with E-state index >= 15 is 0 Å². The van der Waals surface area contributed by atoms with E-state index in [1.54, 1.807) is 0 Å². The van der Waals surface area contributed by atoms with Gasteiger partial charge in [0.05, 0.1) is 5.88 Å². The van der Waals surface area contributed by atoms with Crippen molar-refractivity contribution >= 4 is 11.6 Å². The monoisotopic (exact) mass is 133 g/mol. The Hall–Kier alpha value is -0.770. The van der Waals surface area contributed by atoms with Crippen LogP contribution in [0.25, 0.3) is 0 Å². The Kier molecular flexibility index (Phi) is 1.34. The summed E-state index contributed by atoms with van der Waals surface area (Å²) in [5.74, 6) is 0.127. The predicted molar refractivity (Wildman–Crippen MR) is 27.6 cm³/mol. The zero-order valence-corrected chi connectivity index (χ0v) is 4.68. The minimum atomic E-state index is -0.0556. The lowest BCUT2D eigenvalue weighted by Crippen LogP contribution is -1.75. The first-order valence-corrected chi connectivity index (χ1v) is 2.53. The summed E-state index contributed by atoms with van der Waals surface area (Å²) in [6, 6.07) is 0. The summed E-state index contributed by atoms with van der Waals surface area (Å²) in [7, 11) is 0. The average Bonchev–Trinajstić information content (AvgIpc) is 2.14. The third kappa shape index (κ3) is 0.742. The van der Waals surface area contributed by atoms with Crippen LogP contribution < -0.4 is 0 Å². The molecule has 0 amide bonds. The van der Waals surface area contributed by atoms with Crippen LogP contribution in [0.3, 0.4) is 0 Å². The van der Waals surface area contributed by atoms with Crippen LogP contribution in [0.15, 0.2) is 0 Å². The van der Waals surface area contributed by atoms with Crippen molar-refractivity contribution in [2.75, 3.05) is 0 Å². The van der Waals surface area contributed by atoms with E-state index in [4.69, 9.17) is 16.7 Å². The first kappa shape index (κ1) is 5.37. The van der Waals surface area contributed by atoms with Crippen LogP contribution in [0.1, 0.15) is 5.69 Å². The molecular formula is C3H4ClN3O. The Labute approximate surface area is 50.5 Å². The quantitative estimate of drug-likeness (QED) is 0.540. The zero-order chi connectivity index (χ0) is 5.98. The van der Waals surface area contributed by atoms with Gasteiger partial charge in [-0.1, -0.05) is 5.21 Å². The molecule has 0 aliphatic carbocycles. The molecule has 0 aliphatic heterocycles. The molecule has 0 radical (unpaired) electrons. The largest absolute Gasteiger partial charge is 0.492 e. The topological polar surface area (TPSA) is 61.8 Å². The molecule has 1 rings (SSSR count). The maximum Gasteiger partial charge on any atom is 0.231 e. The van der Waals surface area contributed by atoms with E-state index in [0.717, 1.165) is 0 Å². The number of rotatable bonds is 1. The van der Waals surface area contributed by atoms with E-state index < -0.39 is 0 Å². The van der Waals surface area contributed by atoms with Crippen molar-refractivity contribution < 1.29 is 5.11 Å². The SMILES string of the molecule is Oc1[nH]nnc1CCl. The fraction of sp³-hybridized carbons (Fsp3) is 0.333. The minimum absolute atomic E-state index is 0.0556. The number of halogens is 1. The maximum absolute atomic E-state index is 8.69. The third-order valence-electron chi connectivity index (χ3n) is 0.727. The Morgan fingerprint density at radius 3 is 2.75 bits per heavy atom. The molecule has 0 aliphatic rings. The van der Waals surface area contributed by atoms with Crippen LogP contribution in [-0.2, 0) is 5.88 Å². The van der Waals surface area contributed by atoms with Gasteiger partial charge in [-0.05, 0) is 0 Å². The van der Waals surface area contributed by atoms with E-state index in [0.29, 0.717) is 5.69 Å². The number of alkyl halides is 1. The summed E-state index contributed by atoms with van der Waals surface area (Å²) in [6.45, 7) is 0. The first-order chi connectivity index (χ1) is 3.84. The van der Waals surface area contributed by atoms with Gasteiger partial charge in [0.1, 0.15) is 5.69 Å². The van der Waals surface area contributed by atoms with Crippen molar-refractivity contribution in [1.82, 2.24) is 15.4 Å². The van der Waals surface area contributed by atoms with Gasteiger partial charge in [0.25, 0.3) is 0 Å². The molecule has 5 heteroatoms. The smallest absolute Gasteiger partial charge is 0.231 e. The Morgan fingerprint density at radius 2 is 2.50 bits per heavy atom. The molecule has 1 aromatic heterocycles. The van der Waals surface area contributed by atoms with Gasteiger partial charge in [0.2, 0.25) is 5.88 Å². The molecule has 0 fully saturated rings. The molecule has 44 valence electrons. The fourth-order valence-corrected chi connectivity index (χ4v) is 0.515. The lowest BCUT2D eigenvalue weighted by molar-refractivity contribution is 0.448. The second-order valence-electron chi connectivity index (χ2n) is 1.24. The van der Waals surface area contributed by atoms with Crippen LogP contribution >= 0.6 is 11.6 Å². The van der Waals surface area contributed by atoms with E-state index in [-0.39, 0.29) is 11.8 Å². The minimum Gasteiger partial charge on any atom is -0.492 e. The highest BCUT2D eigenvalue weighted by Crippen LogP contribution is 2.09. The predicted octanol–water partition coefficient (Wildman–Crippen LogP) is 0.249. The Balaban J connectivity index is 2.92. The summed E-state index contributed by atoms with van der Waals surface area (Å²) < 4.78 is 0. The summed E-state index contributed by atoms with van der Waals surface area (Å²) in [4.78, 5) is 0. The highest BCUT2D eigenvalue weighted by molar-refractivity contribution is 6.17. The van der Waals surface area contributed by atoms with Gasteiger partial charge < -0.3 is 5.11 Å². The number of aromatic amines is 1. The highest BCUT2D eigenvalue weighted by atomic mass is 35.5. The van der Waals surface area contributed by atoms with Crippen molar-refractivity contribution in [2.45, 2.75) is 5.88 Å². The molecule has 0 aromatic carbocycles. The van der Waals surface area contributed by atoms with Gasteiger partial charge in [-0.2, -0.15) is 0 Å². The number of hydrogen-bond acceptors (Lipinski definition) is 3. The molecule has 0 bridgehead atoms. The molecule has 0 spiro atoms. The average molecular weight is 134 g/mol. The van der Waals surface area contributed by atoms with Crippen LogP contribution in [0.2, 0.25) is 0 Å². The van der Waals surface area contributed by atoms with Gasteiger partial charge in [0, 0.05) is 0 Å². The molecule has 0 atom stereocenters. The first-order valence-electron chi connectivity index (χ1n) is 1.99. The molecule has 1 heterocycles. The lowest BCUT2D eigenvalue weighted by atomic mass is 10.5. The van der Waals surface area contributed by atoms with Crippen molar-refractivity contribution in [3.63, 3.8) is 0 Å². The summed E-state index contributed by atoms with van der Waals surface area (Å²) in [5, 5.41) is 17.6. The summed E-state index contributed by atoms with van der Waals surface area (Å²) >= 11 is 5.29. The van der Waals surface area contributed by atoms with E-state index in [1.807, 2.05) is 0 Å². The molecule has 4 nitrogen and oxygen atoms in total. The molecule has 0 saturated carbocycles. The third-order valence-corrected chi connectivity index (χ3v) is 0.980. The van der Waals surface area contributed by atoms with Gasteiger partial charge in [-0.15, -0.1) is 16.7 Å².